The van der Waals surface area contributed by atoms with E-state index in [-0.39, 0.29) is 12.2 Å². The molecule has 18 heavy (non-hydrogen) atoms. The van der Waals surface area contributed by atoms with Gasteiger partial charge < -0.3 is 9.67 Å². The van der Waals surface area contributed by atoms with Crippen LogP contribution in [0.3, 0.4) is 0 Å². The highest BCUT2D eigenvalue weighted by Crippen LogP contribution is 2.22. The van der Waals surface area contributed by atoms with Crippen LogP contribution in [0.5, 0.6) is 0 Å². The van der Waals surface area contributed by atoms with Crippen molar-refractivity contribution in [2.75, 3.05) is 0 Å². The maximum absolute atomic E-state index is 13.2. The quantitative estimate of drug-likeness (QED) is 0.905. The first-order valence-electron chi connectivity index (χ1n) is 5.49. The Morgan fingerprint density at radius 1 is 1.50 bits per heavy atom. The monoisotopic (exact) mass is 248 g/mol. The number of aryl methyl sites for hydroxylation is 1. The third kappa shape index (κ3) is 2.25. The summed E-state index contributed by atoms with van der Waals surface area (Å²) in [5, 5.41) is 8.84. The summed E-state index contributed by atoms with van der Waals surface area (Å²) in [6.07, 6.45) is -0.0926. The molecule has 0 unspecified atom stereocenters. The molecule has 5 heteroatoms. The van der Waals surface area contributed by atoms with E-state index in [9.17, 15) is 9.18 Å². The second-order valence-electron chi connectivity index (χ2n) is 4.11. The largest absolute Gasteiger partial charge is 0.481 e. The molecular formula is C13H13FN2O2. The highest BCUT2D eigenvalue weighted by molar-refractivity contribution is 5.70. The van der Waals surface area contributed by atoms with Gasteiger partial charge in [-0.05, 0) is 19.1 Å². The molecule has 1 N–H and O–H groups in total. The summed E-state index contributed by atoms with van der Waals surface area (Å²) >= 11 is 0. The van der Waals surface area contributed by atoms with Crippen LogP contribution in [0.25, 0.3) is 11.4 Å². The molecule has 0 radical (unpaired) electrons. The van der Waals surface area contributed by atoms with Gasteiger partial charge in [-0.3, -0.25) is 4.79 Å². The molecule has 0 aliphatic carbocycles. The highest BCUT2D eigenvalue weighted by Gasteiger charge is 2.15. The summed E-state index contributed by atoms with van der Waals surface area (Å²) in [4.78, 5) is 15.1. The second-order valence-corrected chi connectivity index (χ2v) is 4.11. The van der Waals surface area contributed by atoms with Gasteiger partial charge in [0.2, 0.25) is 0 Å². The van der Waals surface area contributed by atoms with Gasteiger partial charge in [0, 0.05) is 12.6 Å². The summed E-state index contributed by atoms with van der Waals surface area (Å²) in [6.45, 7) is 1.75. The van der Waals surface area contributed by atoms with Gasteiger partial charge in [-0.2, -0.15) is 0 Å². The molecule has 0 aliphatic rings. The van der Waals surface area contributed by atoms with Crippen LogP contribution in [0.15, 0.2) is 24.3 Å². The molecule has 0 saturated heterocycles. The Hall–Kier alpha value is -2.17. The maximum atomic E-state index is 13.2. The highest BCUT2D eigenvalue weighted by atomic mass is 19.1. The summed E-state index contributed by atoms with van der Waals surface area (Å²) in [5.74, 6) is -0.678. The van der Waals surface area contributed by atoms with Crippen LogP contribution in [0, 0.1) is 12.7 Å². The fourth-order valence-corrected chi connectivity index (χ4v) is 1.94. The van der Waals surface area contributed by atoms with E-state index >= 15 is 0 Å². The molecule has 0 atom stereocenters. The first kappa shape index (κ1) is 12.3. The number of benzene rings is 1. The zero-order valence-corrected chi connectivity index (χ0v) is 10.1. The van der Waals surface area contributed by atoms with Gasteiger partial charge in [0.15, 0.2) is 0 Å². The average molecular weight is 248 g/mol. The lowest BCUT2D eigenvalue weighted by atomic mass is 10.2. The Morgan fingerprint density at radius 3 is 2.83 bits per heavy atom. The van der Waals surface area contributed by atoms with Crippen molar-refractivity contribution in [2.24, 2.45) is 7.05 Å². The van der Waals surface area contributed by atoms with Crippen molar-refractivity contribution in [1.29, 1.82) is 0 Å². The van der Waals surface area contributed by atoms with Crippen LogP contribution in [-0.4, -0.2) is 20.6 Å². The predicted molar refractivity (Wildman–Crippen MR) is 64.7 cm³/mol. The van der Waals surface area contributed by atoms with Crippen molar-refractivity contribution in [3.8, 4) is 11.4 Å². The van der Waals surface area contributed by atoms with Crippen molar-refractivity contribution in [3.05, 3.63) is 41.5 Å². The Morgan fingerprint density at radius 2 is 2.22 bits per heavy atom. The molecule has 1 aromatic carbocycles. The van der Waals surface area contributed by atoms with Gasteiger partial charge >= 0.3 is 5.97 Å². The van der Waals surface area contributed by atoms with Crippen molar-refractivity contribution < 1.29 is 14.3 Å². The van der Waals surface area contributed by atoms with Crippen LogP contribution in [0.4, 0.5) is 4.39 Å². The van der Waals surface area contributed by atoms with Crippen molar-refractivity contribution >= 4 is 5.97 Å². The van der Waals surface area contributed by atoms with E-state index < -0.39 is 5.97 Å². The third-order valence-corrected chi connectivity index (χ3v) is 2.82. The van der Waals surface area contributed by atoms with Crippen molar-refractivity contribution in [3.63, 3.8) is 0 Å². The number of rotatable bonds is 3. The average Bonchev–Trinajstić information content (AvgIpc) is 2.56. The number of nitrogens with zero attached hydrogens (tertiary/aromatic N) is 2. The van der Waals surface area contributed by atoms with Crippen LogP contribution < -0.4 is 0 Å². The molecular weight excluding hydrogens is 235 g/mol. The number of aromatic nitrogens is 2. The van der Waals surface area contributed by atoms with E-state index in [2.05, 4.69) is 4.98 Å². The fourth-order valence-electron chi connectivity index (χ4n) is 1.94. The summed E-state index contributed by atoms with van der Waals surface area (Å²) in [7, 11) is 1.73. The lowest BCUT2D eigenvalue weighted by Gasteiger charge is -2.04. The molecule has 4 nitrogen and oxygen atoms in total. The van der Waals surface area contributed by atoms with Gasteiger partial charge in [-0.1, -0.05) is 12.1 Å². The number of carboxylic acid groups (broad SMARTS) is 1. The summed E-state index contributed by atoms with van der Waals surface area (Å²) < 4.78 is 14.9. The van der Waals surface area contributed by atoms with E-state index in [1.807, 2.05) is 0 Å². The van der Waals surface area contributed by atoms with Gasteiger partial charge in [0.05, 0.1) is 17.8 Å². The van der Waals surface area contributed by atoms with Crippen LogP contribution in [0.2, 0.25) is 0 Å². The van der Waals surface area contributed by atoms with Gasteiger partial charge in [0.25, 0.3) is 0 Å². The smallest absolute Gasteiger partial charge is 0.309 e. The standard InChI is InChI=1S/C13H13FN2O2/c1-8-11(7-12(17)18)16(2)13(15-8)9-4-3-5-10(14)6-9/h3-6H,7H2,1-2H3,(H,17,18). The molecule has 0 fully saturated rings. The van der Waals surface area contributed by atoms with E-state index in [1.54, 1.807) is 30.7 Å². The minimum Gasteiger partial charge on any atom is -0.481 e. The number of carbonyl (C=O) groups is 1. The number of carboxylic acids is 1. The number of halogens is 1. The first-order chi connectivity index (χ1) is 8.49. The molecule has 2 rings (SSSR count). The molecule has 0 bridgehead atoms. The normalized spacial score (nSPS) is 10.6. The van der Waals surface area contributed by atoms with Gasteiger partial charge in [-0.15, -0.1) is 0 Å². The van der Waals surface area contributed by atoms with Crippen molar-refractivity contribution in [2.45, 2.75) is 13.3 Å². The zero-order valence-electron chi connectivity index (χ0n) is 10.1. The lowest BCUT2D eigenvalue weighted by molar-refractivity contribution is -0.136. The Bertz CT molecular complexity index is 605. The molecule has 0 amide bonds. The Balaban J connectivity index is 2.50. The van der Waals surface area contributed by atoms with Gasteiger partial charge in [-0.25, -0.2) is 9.37 Å². The van der Waals surface area contributed by atoms with Crippen LogP contribution in [-0.2, 0) is 18.3 Å². The van der Waals surface area contributed by atoms with E-state index in [0.29, 0.717) is 22.8 Å². The van der Waals surface area contributed by atoms with Crippen LogP contribution >= 0.6 is 0 Å². The number of hydrogen-bond donors (Lipinski definition) is 1. The first-order valence-corrected chi connectivity index (χ1v) is 5.49. The minimum absolute atomic E-state index is 0.0926. The molecule has 1 aromatic heterocycles. The molecule has 2 aromatic rings. The van der Waals surface area contributed by atoms with Crippen molar-refractivity contribution in [1.82, 2.24) is 9.55 Å². The SMILES string of the molecule is Cc1nc(-c2cccc(F)c2)n(C)c1CC(=O)O. The molecule has 0 spiro atoms. The number of hydrogen-bond acceptors (Lipinski definition) is 2. The van der Waals surface area contributed by atoms with E-state index in [4.69, 9.17) is 5.11 Å². The summed E-state index contributed by atoms with van der Waals surface area (Å²) in [5.41, 5.74) is 1.91. The zero-order chi connectivity index (χ0) is 13.3. The Kier molecular flexibility index (Phi) is 3.14. The number of imidazole rings is 1. The van der Waals surface area contributed by atoms with E-state index in [0.717, 1.165) is 0 Å². The third-order valence-electron chi connectivity index (χ3n) is 2.82. The predicted octanol–water partition coefficient (Wildman–Crippen LogP) is 2.16. The minimum atomic E-state index is -0.910. The lowest BCUT2D eigenvalue weighted by Crippen LogP contribution is -2.07. The second kappa shape index (κ2) is 4.60. The van der Waals surface area contributed by atoms with Crippen LogP contribution in [0.1, 0.15) is 11.4 Å². The molecule has 0 aliphatic heterocycles. The fraction of sp³-hybridized carbons (Fsp3) is 0.231. The molecule has 0 saturated carbocycles. The maximum Gasteiger partial charge on any atom is 0.309 e. The van der Waals surface area contributed by atoms with Gasteiger partial charge in [0.1, 0.15) is 11.6 Å². The topological polar surface area (TPSA) is 55.1 Å². The Labute approximate surface area is 104 Å². The molecule has 94 valence electrons. The summed E-state index contributed by atoms with van der Waals surface area (Å²) in [6, 6.07) is 6.09. The van der Waals surface area contributed by atoms with E-state index in [1.165, 1.54) is 12.1 Å². The molecule has 1 heterocycles. The number of aliphatic carboxylic acids is 1.